The average molecular weight is 555 g/mol. The molecule has 0 aliphatic carbocycles. The molecule has 14 heteroatoms. The molecule has 2 fully saturated rings. The molecule has 9 nitrogen and oxygen atoms in total. The maximum Gasteiger partial charge on any atom is 0.416 e. The van der Waals surface area contributed by atoms with Gasteiger partial charge in [-0.2, -0.15) is 22.7 Å². The molecular formula is C24H22F4N4O5S. The molecule has 2 aromatic rings. The van der Waals surface area contributed by atoms with Crippen LogP contribution < -0.4 is 5.32 Å². The predicted molar refractivity (Wildman–Crippen MR) is 123 cm³/mol. The molecule has 2 aromatic carbocycles. The second-order valence-corrected chi connectivity index (χ2v) is 11.0. The first-order valence-corrected chi connectivity index (χ1v) is 12.9. The van der Waals surface area contributed by atoms with Crippen molar-refractivity contribution >= 4 is 21.8 Å². The lowest BCUT2D eigenvalue weighted by Crippen LogP contribution is -2.49. The van der Waals surface area contributed by atoms with Crippen molar-refractivity contribution in [2.75, 3.05) is 19.6 Å². The molecule has 0 bridgehead atoms. The summed E-state index contributed by atoms with van der Waals surface area (Å²) in [5.74, 6) is -3.06. The topological polar surface area (TPSA) is 131 Å². The number of sulfonamides is 1. The van der Waals surface area contributed by atoms with Crippen molar-refractivity contribution in [3.05, 3.63) is 65.0 Å². The molecule has 4 rings (SSSR count). The van der Waals surface area contributed by atoms with Crippen molar-refractivity contribution in [1.82, 2.24) is 14.5 Å². The van der Waals surface area contributed by atoms with Crippen LogP contribution in [0.25, 0.3) is 0 Å². The molecule has 0 saturated carbocycles. The Morgan fingerprint density at radius 1 is 1.13 bits per heavy atom. The fourth-order valence-corrected chi connectivity index (χ4v) is 5.85. The van der Waals surface area contributed by atoms with Crippen molar-refractivity contribution in [3.63, 3.8) is 0 Å². The minimum Gasteiger partial charge on any atom is -0.391 e. The zero-order valence-electron chi connectivity index (χ0n) is 19.7. The largest absolute Gasteiger partial charge is 0.416 e. The summed E-state index contributed by atoms with van der Waals surface area (Å²) in [6, 6.07) is 7.85. The SMILES string of the molecule is N#CC1CN(S(=O)(=O)c2cccc(C(=O)N3C[C@H](O)C[C@@H]3C(=O)NCc3ccc(C(F)(F)F)cc3F)c2)C1. The van der Waals surface area contributed by atoms with E-state index in [1.165, 1.54) is 18.2 Å². The van der Waals surface area contributed by atoms with E-state index in [1.54, 1.807) is 0 Å². The lowest BCUT2D eigenvalue weighted by molar-refractivity contribution is -0.137. The van der Waals surface area contributed by atoms with Crippen LogP contribution in [-0.4, -0.2) is 66.3 Å². The Morgan fingerprint density at radius 2 is 1.84 bits per heavy atom. The lowest BCUT2D eigenvalue weighted by atomic mass is 10.1. The maximum absolute atomic E-state index is 14.1. The van der Waals surface area contributed by atoms with Crippen LogP contribution in [0.3, 0.4) is 0 Å². The van der Waals surface area contributed by atoms with E-state index in [4.69, 9.17) is 5.26 Å². The van der Waals surface area contributed by atoms with E-state index in [0.29, 0.717) is 12.1 Å². The van der Waals surface area contributed by atoms with Gasteiger partial charge in [-0.15, -0.1) is 0 Å². The number of halogens is 4. The van der Waals surface area contributed by atoms with Gasteiger partial charge in [0.2, 0.25) is 15.9 Å². The van der Waals surface area contributed by atoms with E-state index in [1.807, 2.05) is 6.07 Å². The van der Waals surface area contributed by atoms with Gasteiger partial charge >= 0.3 is 6.18 Å². The average Bonchev–Trinajstić information content (AvgIpc) is 3.23. The zero-order chi connectivity index (χ0) is 27.8. The first-order valence-electron chi connectivity index (χ1n) is 11.4. The van der Waals surface area contributed by atoms with E-state index in [-0.39, 0.29) is 42.1 Å². The number of carbonyl (C=O) groups is 2. The summed E-state index contributed by atoms with van der Waals surface area (Å²) >= 11 is 0. The number of hydrogen-bond donors (Lipinski definition) is 2. The molecule has 2 aliphatic rings. The first-order chi connectivity index (χ1) is 17.8. The summed E-state index contributed by atoms with van der Waals surface area (Å²) in [6.07, 6.45) is -5.93. The standard InChI is InChI=1S/C24H22F4N4O5S/c25-20-7-17(24(26,27)28)5-4-16(20)10-30-22(34)21-8-18(33)13-32(21)23(35)15-2-1-3-19(6-15)38(36,37)31-11-14(9-29)12-31/h1-7,14,18,21,33H,8,10-13H2,(H,30,34)/t18-,21-/m1/s1. The fourth-order valence-electron chi connectivity index (χ4n) is 4.27. The number of rotatable bonds is 6. The van der Waals surface area contributed by atoms with Gasteiger partial charge in [-0.25, -0.2) is 12.8 Å². The molecule has 2 amide bonds. The quantitative estimate of drug-likeness (QED) is 0.525. The highest BCUT2D eigenvalue weighted by Gasteiger charge is 2.40. The normalized spacial score (nSPS) is 20.6. The number of hydrogen-bond acceptors (Lipinski definition) is 6. The Bertz CT molecular complexity index is 1400. The number of amides is 2. The van der Waals surface area contributed by atoms with Gasteiger partial charge in [0.25, 0.3) is 5.91 Å². The highest BCUT2D eigenvalue weighted by atomic mass is 32.2. The van der Waals surface area contributed by atoms with Crippen LogP contribution in [0.1, 0.15) is 27.9 Å². The fraction of sp³-hybridized carbons (Fsp3) is 0.375. The van der Waals surface area contributed by atoms with Crippen molar-refractivity contribution < 1.29 is 40.7 Å². The summed E-state index contributed by atoms with van der Waals surface area (Å²) in [6.45, 7) is -0.600. The number of β-amino-alcohol motifs (C(OH)–C–C–N with tert-alkyl or cyclic N) is 1. The predicted octanol–water partition coefficient (Wildman–Crippen LogP) is 1.88. The molecule has 2 N–H and O–H groups in total. The number of carbonyl (C=O) groups excluding carboxylic acids is 2. The van der Waals surface area contributed by atoms with Crippen LogP contribution in [0.5, 0.6) is 0 Å². The van der Waals surface area contributed by atoms with E-state index in [9.17, 15) is 40.7 Å². The van der Waals surface area contributed by atoms with Gasteiger partial charge < -0.3 is 15.3 Å². The summed E-state index contributed by atoms with van der Waals surface area (Å²) in [5.41, 5.74) is -1.43. The number of likely N-dealkylation sites (tertiary alicyclic amines) is 1. The van der Waals surface area contributed by atoms with Crippen molar-refractivity contribution in [1.29, 1.82) is 5.26 Å². The number of alkyl halides is 3. The Hall–Kier alpha value is -3.54. The van der Waals surface area contributed by atoms with E-state index in [2.05, 4.69) is 5.32 Å². The van der Waals surface area contributed by atoms with E-state index < -0.39 is 64.0 Å². The molecule has 0 spiro atoms. The Balaban J connectivity index is 1.47. The van der Waals surface area contributed by atoms with E-state index >= 15 is 0 Å². The summed E-state index contributed by atoms with van der Waals surface area (Å²) in [7, 11) is -3.94. The van der Waals surface area contributed by atoms with E-state index in [0.717, 1.165) is 21.3 Å². The van der Waals surface area contributed by atoms with Crippen LogP contribution in [0.15, 0.2) is 47.4 Å². The van der Waals surface area contributed by atoms with Crippen LogP contribution in [0.2, 0.25) is 0 Å². The zero-order valence-corrected chi connectivity index (χ0v) is 20.5. The lowest BCUT2D eigenvalue weighted by Gasteiger charge is -2.34. The molecule has 2 atom stereocenters. The summed E-state index contributed by atoms with van der Waals surface area (Å²) < 4.78 is 79.1. The molecule has 2 heterocycles. The van der Waals surface area contributed by atoms with Gasteiger partial charge in [0.1, 0.15) is 11.9 Å². The van der Waals surface area contributed by atoms with Gasteiger partial charge in [0, 0.05) is 43.7 Å². The van der Waals surface area contributed by atoms with Gasteiger partial charge in [0.05, 0.1) is 28.6 Å². The molecule has 0 unspecified atom stereocenters. The maximum atomic E-state index is 14.1. The molecular weight excluding hydrogens is 532 g/mol. The number of aliphatic hydroxyl groups is 1. The monoisotopic (exact) mass is 554 g/mol. The summed E-state index contributed by atoms with van der Waals surface area (Å²) in [5, 5.41) is 21.4. The molecule has 202 valence electrons. The van der Waals surface area contributed by atoms with Crippen molar-refractivity contribution in [2.45, 2.75) is 36.2 Å². The Labute approximate surface area is 215 Å². The molecule has 0 aromatic heterocycles. The number of nitrogens with one attached hydrogen (secondary N) is 1. The van der Waals surface area contributed by atoms with Crippen LogP contribution in [0.4, 0.5) is 17.6 Å². The van der Waals surface area contributed by atoms with Crippen LogP contribution in [-0.2, 0) is 27.5 Å². The molecule has 38 heavy (non-hydrogen) atoms. The Kier molecular flexibility index (Phi) is 7.46. The highest BCUT2D eigenvalue weighted by molar-refractivity contribution is 7.89. The molecule has 2 saturated heterocycles. The van der Waals surface area contributed by atoms with Gasteiger partial charge in [-0.05, 0) is 30.3 Å². The van der Waals surface area contributed by atoms with Crippen LogP contribution >= 0.6 is 0 Å². The molecule has 0 radical (unpaired) electrons. The number of aliphatic hydroxyl groups excluding tert-OH is 1. The van der Waals surface area contributed by atoms with Gasteiger partial charge in [-0.1, -0.05) is 12.1 Å². The smallest absolute Gasteiger partial charge is 0.391 e. The minimum absolute atomic E-state index is 0.0388. The summed E-state index contributed by atoms with van der Waals surface area (Å²) in [4.78, 5) is 26.9. The number of benzene rings is 2. The van der Waals surface area contributed by atoms with Crippen molar-refractivity contribution in [3.8, 4) is 6.07 Å². The number of nitrogens with zero attached hydrogens (tertiary/aromatic N) is 3. The highest BCUT2D eigenvalue weighted by Crippen LogP contribution is 2.30. The third-order valence-corrected chi connectivity index (χ3v) is 8.25. The van der Waals surface area contributed by atoms with Gasteiger partial charge in [-0.3, -0.25) is 9.59 Å². The third kappa shape index (κ3) is 5.50. The molecule has 2 aliphatic heterocycles. The van der Waals surface area contributed by atoms with Gasteiger partial charge in [0.15, 0.2) is 0 Å². The Morgan fingerprint density at radius 3 is 2.47 bits per heavy atom. The second-order valence-electron chi connectivity index (χ2n) is 9.06. The number of nitriles is 1. The first kappa shape index (κ1) is 27.5. The van der Waals surface area contributed by atoms with Crippen molar-refractivity contribution in [2.24, 2.45) is 5.92 Å². The second kappa shape index (κ2) is 10.3. The van der Waals surface area contributed by atoms with Crippen LogP contribution in [0, 0.1) is 23.1 Å². The minimum atomic E-state index is -4.73. The third-order valence-electron chi connectivity index (χ3n) is 6.43.